The molecule has 0 aliphatic rings. The van der Waals surface area contributed by atoms with Crippen molar-refractivity contribution in [2.75, 3.05) is 12.3 Å². The van der Waals surface area contributed by atoms with Crippen molar-refractivity contribution in [1.82, 2.24) is 24.8 Å². The first-order valence-electron chi connectivity index (χ1n) is 13.4. The van der Waals surface area contributed by atoms with Gasteiger partial charge in [0.25, 0.3) is 0 Å². The fourth-order valence-electron chi connectivity index (χ4n) is 4.88. The number of imidazole rings is 1. The van der Waals surface area contributed by atoms with Gasteiger partial charge in [-0.25, -0.2) is 19.3 Å². The molecule has 0 aliphatic heterocycles. The van der Waals surface area contributed by atoms with Gasteiger partial charge in [0.05, 0.1) is 16.8 Å². The van der Waals surface area contributed by atoms with Crippen LogP contribution in [0.5, 0.6) is 5.75 Å². The van der Waals surface area contributed by atoms with Gasteiger partial charge in [0.15, 0.2) is 29.3 Å². The largest absolute Gasteiger partial charge is 0.504 e. The predicted octanol–water partition coefficient (Wildman–Crippen LogP) is 5.72. The van der Waals surface area contributed by atoms with E-state index in [0.29, 0.717) is 47.7 Å². The first kappa shape index (κ1) is 26.8. The van der Waals surface area contributed by atoms with Crippen molar-refractivity contribution in [1.29, 1.82) is 0 Å². The number of halogens is 1. The number of phenolic OH excluding ortho intramolecular Hbond substituents is 1. The quantitative estimate of drug-likeness (QED) is 0.153. The highest BCUT2D eigenvalue weighted by Crippen LogP contribution is 2.32. The number of nitrogens with one attached hydrogen (secondary N) is 1. The summed E-state index contributed by atoms with van der Waals surface area (Å²) < 4.78 is 16.3. The van der Waals surface area contributed by atoms with Crippen molar-refractivity contribution in [3.05, 3.63) is 120 Å². The van der Waals surface area contributed by atoms with Gasteiger partial charge in [0.2, 0.25) is 0 Å². The molecule has 6 rings (SSSR count). The van der Waals surface area contributed by atoms with Crippen LogP contribution in [0.25, 0.3) is 39.5 Å². The van der Waals surface area contributed by atoms with Gasteiger partial charge >= 0.3 is 0 Å². The number of aldehydes is 1. The fourth-order valence-corrected chi connectivity index (χ4v) is 4.88. The van der Waals surface area contributed by atoms with E-state index in [1.807, 2.05) is 83.4 Å². The molecule has 9 heteroatoms. The Labute approximate surface area is 241 Å². The van der Waals surface area contributed by atoms with Gasteiger partial charge < -0.3 is 16.2 Å². The van der Waals surface area contributed by atoms with Gasteiger partial charge in [-0.2, -0.15) is 0 Å². The molecule has 0 amide bonds. The number of carbonyl (C=O) groups is 1. The molecule has 0 aliphatic carbocycles. The summed E-state index contributed by atoms with van der Waals surface area (Å²) in [5, 5.41) is 13.0. The highest BCUT2D eigenvalue weighted by Gasteiger charge is 2.19. The molecule has 0 radical (unpaired) electrons. The maximum Gasteiger partial charge on any atom is 0.170 e. The summed E-state index contributed by atoms with van der Waals surface area (Å²) in [6.07, 6.45) is 2.78. The third-order valence-electron chi connectivity index (χ3n) is 7.11. The van der Waals surface area contributed by atoms with Crippen molar-refractivity contribution in [3.8, 4) is 34.1 Å². The van der Waals surface area contributed by atoms with Crippen molar-refractivity contribution >= 4 is 23.3 Å². The SMILES string of the molecule is Nc1ncccc1-c1nc2ccc(-c3ccccc3)nc2n1-c1ccc(CCNCc2ccc(C=O)c(O)c2F)cc1. The number of pyridine rings is 2. The lowest BCUT2D eigenvalue weighted by atomic mass is 10.1. The fraction of sp³-hybridized carbons (Fsp3) is 0.0909. The normalized spacial score (nSPS) is 11.2. The minimum Gasteiger partial charge on any atom is -0.504 e. The molecule has 4 N–H and O–H groups in total. The van der Waals surface area contributed by atoms with Gasteiger partial charge in [-0.15, -0.1) is 0 Å². The lowest BCUT2D eigenvalue weighted by Gasteiger charge is -2.12. The van der Waals surface area contributed by atoms with Crippen LogP contribution in [0.3, 0.4) is 0 Å². The molecule has 3 heterocycles. The summed E-state index contributed by atoms with van der Waals surface area (Å²) in [5.41, 5.74) is 12.4. The maximum atomic E-state index is 14.3. The maximum absolute atomic E-state index is 14.3. The van der Waals surface area contributed by atoms with E-state index in [2.05, 4.69) is 10.3 Å². The summed E-state index contributed by atoms with van der Waals surface area (Å²) in [6, 6.07) is 28.6. The van der Waals surface area contributed by atoms with E-state index in [-0.39, 0.29) is 12.1 Å². The summed E-state index contributed by atoms with van der Waals surface area (Å²) in [6.45, 7) is 0.811. The molecule has 0 fully saturated rings. The lowest BCUT2D eigenvalue weighted by Crippen LogP contribution is -2.17. The number of hydrogen-bond acceptors (Lipinski definition) is 7. The molecule has 208 valence electrons. The van der Waals surface area contributed by atoms with Gasteiger partial charge in [0.1, 0.15) is 11.3 Å². The minimum atomic E-state index is -0.780. The Bertz CT molecular complexity index is 1890. The highest BCUT2D eigenvalue weighted by molar-refractivity contribution is 5.84. The number of nitrogens with two attached hydrogens (primary N) is 1. The molecule has 0 atom stereocenters. The number of anilines is 1. The highest BCUT2D eigenvalue weighted by atomic mass is 19.1. The second kappa shape index (κ2) is 11.6. The lowest BCUT2D eigenvalue weighted by molar-refractivity contribution is 0.112. The second-order valence-electron chi connectivity index (χ2n) is 9.80. The molecule has 8 nitrogen and oxygen atoms in total. The van der Waals surface area contributed by atoms with E-state index < -0.39 is 11.6 Å². The van der Waals surface area contributed by atoms with Crippen LogP contribution in [0.15, 0.2) is 97.2 Å². The number of fused-ring (bicyclic) bond motifs is 1. The minimum absolute atomic E-state index is 0.0668. The third-order valence-corrected chi connectivity index (χ3v) is 7.11. The molecule has 3 aromatic heterocycles. The Morgan fingerprint density at radius 1 is 0.929 bits per heavy atom. The van der Waals surface area contributed by atoms with Crippen LogP contribution in [-0.2, 0) is 13.0 Å². The van der Waals surface area contributed by atoms with Crippen molar-refractivity contribution in [2.45, 2.75) is 13.0 Å². The van der Waals surface area contributed by atoms with Gasteiger partial charge in [-0.05, 0) is 61.0 Å². The Balaban J connectivity index is 1.27. The Hall–Kier alpha value is -5.41. The molecule has 3 aromatic carbocycles. The Kier molecular flexibility index (Phi) is 7.40. The number of phenols is 1. The zero-order valence-electron chi connectivity index (χ0n) is 22.5. The van der Waals surface area contributed by atoms with E-state index in [1.165, 1.54) is 12.1 Å². The Morgan fingerprint density at radius 2 is 1.74 bits per heavy atom. The summed E-state index contributed by atoms with van der Waals surface area (Å²) in [4.78, 5) is 25.0. The predicted molar refractivity (Wildman–Crippen MR) is 161 cm³/mol. The smallest absolute Gasteiger partial charge is 0.170 e. The van der Waals surface area contributed by atoms with E-state index in [9.17, 15) is 14.3 Å². The molecule has 0 saturated carbocycles. The zero-order chi connectivity index (χ0) is 29.1. The van der Waals surface area contributed by atoms with E-state index >= 15 is 0 Å². The zero-order valence-corrected chi connectivity index (χ0v) is 22.5. The van der Waals surface area contributed by atoms with Crippen LogP contribution in [0.2, 0.25) is 0 Å². The molecule has 0 saturated heterocycles. The van der Waals surface area contributed by atoms with Crippen LogP contribution >= 0.6 is 0 Å². The standard InChI is InChI=1S/C33H27FN6O2/c34-29-23(10-11-24(20-41)30(29)42)19-36-18-16-21-8-12-25(13-9-21)40-32(26-7-4-17-37-31(26)35)39-28-15-14-27(38-33(28)40)22-5-2-1-3-6-22/h1-15,17,20,36,42H,16,18-19H2,(H2,35,37). The topological polar surface area (TPSA) is 119 Å². The number of rotatable bonds is 9. The van der Waals surface area contributed by atoms with Gasteiger partial charge in [-0.3, -0.25) is 9.36 Å². The van der Waals surface area contributed by atoms with Crippen LogP contribution in [-0.4, -0.2) is 37.5 Å². The van der Waals surface area contributed by atoms with Crippen LogP contribution < -0.4 is 11.1 Å². The number of benzene rings is 3. The van der Waals surface area contributed by atoms with Gasteiger partial charge in [0, 0.05) is 29.6 Å². The van der Waals surface area contributed by atoms with Crippen LogP contribution in [0.1, 0.15) is 21.5 Å². The van der Waals surface area contributed by atoms with Crippen molar-refractivity contribution in [2.24, 2.45) is 0 Å². The number of hydrogen-bond donors (Lipinski definition) is 3. The number of nitrogens with zero attached hydrogens (tertiary/aromatic N) is 4. The van der Waals surface area contributed by atoms with Crippen molar-refractivity contribution < 1.29 is 14.3 Å². The molecular formula is C33H27FN6O2. The van der Waals surface area contributed by atoms with Crippen LogP contribution in [0, 0.1) is 5.82 Å². The summed E-state index contributed by atoms with van der Waals surface area (Å²) >= 11 is 0. The number of carbonyl (C=O) groups excluding carboxylic acids is 1. The van der Waals surface area contributed by atoms with E-state index in [1.54, 1.807) is 6.20 Å². The van der Waals surface area contributed by atoms with Gasteiger partial charge in [-0.1, -0.05) is 48.5 Å². The molecule has 0 bridgehead atoms. The number of nitrogen functional groups attached to an aromatic ring is 1. The Morgan fingerprint density at radius 3 is 2.50 bits per heavy atom. The monoisotopic (exact) mass is 558 g/mol. The van der Waals surface area contributed by atoms with E-state index in [0.717, 1.165) is 28.0 Å². The summed E-state index contributed by atoms with van der Waals surface area (Å²) in [7, 11) is 0. The molecular weight excluding hydrogens is 531 g/mol. The first-order valence-corrected chi connectivity index (χ1v) is 13.4. The second-order valence-corrected chi connectivity index (χ2v) is 9.80. The van der Waals surface area contributed by atoms with Crippen LogP contribution in [0.4, 0.5) is 10.2 Å². The van der Waals surface area contributed by atoms with E-state index in [4.69, 9.17) is 15.7 Å². The first-order chi connectivity index (χ1) is 20.5. The number of aromatic hydroxyl groups is 1. The summed E-state index contributed by atoms with van der Waals surface area (Å²) in [5.74, 6) is -0.373. The average Bonchev–Trinajstić information content (AvgIpc) is 3.41. The average molecular weight is 559 g/mol. The molecule has 0 unspecified atom stereocenters. The molecule has 6 aromatic rings. The molecule has 0 spiro atoms. The number of aromatic nitrogens is 4. The molecule has 42 heavy (non-hydrogen) atoms. The third kappa shape index (κ3) is 5.21. The van der Waals surface area contributed by atoms with Crippen molar-refractivity contribution in [3.63, 3.8) is 0 Å².